The Hall–Kier alpha value is -1.07. The molecule has 0 aliphatic carbocycles. The summed E-state index contributed by atoms with van der Waals surface area (Å²) in [5.74, 6) is 0.352. The molecule has 104 valence electrons. The van der Waals surface area contributed by atoms with Crippen LogP contribution >= 0.6 is 11.8 Å². The molecule has 1 amide bonds. The second-order valence-electron chi connectivity index (χ2n) is 4.47. The molecule has 1 aliphatic heterocycles. The van der Waals surface area contributed by atoms with Crippen LogP contribution in [-0.4, -0.2) is 30.9 Å². The van der Waals surface area contributed by atoms with Crippen LogP contribution in [-0.2, 0) is 9.53 Å². The molecule has 1 fully saturated rings. The number of benzene rings is 1. The van der Waals surface area contributed by atoms with E-state index in [2.05, 4.69) is 5.32 Å². The third kappa shape index (κ3) is 4.84. The molecule has 3 nitrogen and oxygen atoms in total. The van der Waals surface area contributed by atoms with Crippen molar-refractivity contribution < 1.29 is 13.9 Å². The van der Waals surface area contributed by atoms with Gasteiger partial charge < -0.3 is 10.1 Å². The first kappa shape index (κ1) is 14.3. The highest BCUT2D eigenvalue weighted by Gasteiger charge is 2.15. The molecule has 0 radical (unpaired) electrons. The van der Waals surface area contributed by atoms with Gasteiger partial charge in [-0.15, -0.1) is 11.8 Å². The highest BCUT2D eigenvalue weighted by Crippen LogP contribution is 2.21. The second kappa shape index (κ2) is 7.50. The lowest BCUT2D eigenvalue weighted by atomic mass is 10.2. The van der Waals surface area contributed by atoms with Gasteiger partial charge in [0, 0.05) is 30.2 Å². The third-order valence-corrected chi connectivity index (χ3v) is 4.02. The van der Waals surface area contributed by atoms with Gasteiger partial charge in [0.05, 0.1) is 6.10 Å². The summed E-state index contributed by atoms with van der Waals surface area (Å²) in [4.78, 5) is 12.2. The largest absolute Gasteiger partial charge is 0.376 e. The molecule has 1 atom stereocenters. The Morgan fingerprint density at radius 2 is 2.32 bits per heavy atom. The smallest absolute Gasteiger partial charge is 0.220 e. The van der Waals surface area contributed by atoms with Crippen molar-refractivity contribution in [3.63, 3.8) is 0 Å². The number of halogens is 1. The Kier molecular flexibility index (Phi) is 5.66. The Morgan fingerprint density at radius 1 is 1.47 bits per heavy atom. The van der Waals surface area contributed by atoms with E-state index < -0.39 is 0 Å². The summed E-state index contributed by atoms with van der Waals surface area (Å²) in [5, 5.41) is 2.85. The lowest BCUT2D eigenvalue weighted by Crippen LogP contribution is -2.31. The quantitative estimate of drug-likeness (QED) is 0.816. The maximum atomic E-state index is 13.3. The van der Waals surface area contributed by atoms with E-state index in [9.17, 15) is 9.18 Å². The molecule has 0 spiro atoms. The lowest BCUT2D eigenvalue weighted by Gasteiger charge is -2.10. The molecule has 1 unspecified atom stereocenters. The molecule has 19 heavy (non-hydrogen) atoms. The van der Waals surface area contributed by atoms with E-state index in [4.69, 9.17) is 4.74 Å². The van der Waals surface area contributed by atoms with Crippen LogP contribution in [0.2, 0.25) is 0 Å². The maximum Gasteiger partial charge on any atom is 0.220 e. The minimum atomic E-state index is -0.229. The third-order valence-electron chi connectivity index (χ3n) is 2.97. The van der Waals surface area contributed by atoms with Gasteiger partial charge in [0.1, 0.15) is 5.82 Å². The molecule has 1 heterocycles. The van der Waals surface area contributed by atoms with E-state index >= 15 is 0 Å². The standard InChI is InChI=1S/C14H18FNO2S/c15-12-5-1-2-6-13(12)19-9-7-14(17)16-10-11-4-3-8-18-11/h1-2,5-6,11H,3-4,7-10H2,(H,16,17). The topological polar surface area (TPSA) is 38.3 Å². The average molecular weight is 283 g/mol. The van der Waals surface area contributed by atoms with Crippen molar-refractivity contribution in [3.05, 3.63) is 30.1 Å². The van der Waals surface area contributed by atoms with Gasteiger partial charge in [0.2, 0.25) is 5.91 Å². The number of carbonyl (C=O) groups excluding carboxylic acids is 1. The normalized spacial score (nSPS) is 18.5. The predicted octanol–water partition coefficient (Wildman–Crippen LogP) is 2.60. The van der Waals surface area contributed by atoms with Crippen molar-refractivity contribution in [2.75, 3.05) is 18.9 Å². The van der Waals surface area contributed by atoms with Crippen molar-refractivity contribution >= 4 is 17.7 Å². The fraction of sp³-hybridized carbons (Fsp3) is 0.500. The highest BCUT2D eigenvalue weighted by molar-refractivity contribution is 7.99. The first-order chi connectivity index (χ1) is 9.25. The van der Waals surface area contributed by atoms with Crippen molar-refractivity contribution in [2.45, 2.75) is 30.3 Å². The summed E-state index contributed by atoms with van der Waals surface area (Å²) in [5.41, 5.74) is 0. The van der Waals surface area contributed by atoms with E-state index in [1.165, 1.54) is 17.8 Å². The summed E-state index contributed by atoms with van der Waals surface area (Å²) in [6, 6.07) is 6.61. The van der Waals surface area contributed by atoms with Gasteiger partial charge in [-0.1, -0.05) is 12.1 Å². The van der Waals surface area contributed by atoms with Gasteiger partial charge in [-0.2, -0.15) is 0 Å². The van der Waals surface area contributed by atoms with Crippen LogP contribution in [0.4, 0.5) is 4.39 Å². The van der Waals surface area contributed by atoms with Crippen molar-refractivity contribution in [2.24, 2.45) is 0 Å². The summed E-state index contributed by atoms with van der Waals surface area (Å²) in [6.07, 6.45) is 2.66. The van der Waals surface area contributed by atoms with Gasteiger partial charge in [0.25, 0.3) is 0 Å². The molecule has 1 saturated heterocycles. The number of thioether (sulfide) groups is 1. The zero-order valence-electron chi connectivity index (χ0n) is 10.7. The number of nitrogens with one attached hydrogen (secondary N) is 1. The summed E-state index contributed by atoms with van der Waals surface area (Å²) < 4.78 is 18.8. The number of hydrogen-bond donors (Lipinski definition) is 1. The summed E-state index contributed by atoms with van der Waals surface area (Å²) in [7, 11) is 0. The molecular formula is C14H18FNO2S. The Morgan fingerprint density at radius 3 is 3.05 bits per heavy atom. The van der Waals surface area contributed by atoms with E-state index in [-0.39, 0.29) is 17.8 Å². The zero-order valence-corrected chi connectivity index (χ0v) is 11.5. The SMILES string of the molecule is O=C(CCSc1ccccc1F)NCC1CCCO1. The monoisotopic (exact) mass is 283 g/mol. The van der Waals surface area contributed by atoms with Gasteiger partial charge in [0.15, 0.2) is 0 Å². The predicted molar refractivity (Wildman–Crippen MR) is 73.7 cm³/mol. The molecular weight excluding hydrogens is 265 g/mol. The molecule has 0 aromatic heterocycles. The van der Waals surface area contributed by atoms with E-state index in [1.54, 1.807) is 18.2 Å². The van der Waals surface area contributed by atoms with Crippen LogP contribution in [0.1, 0.15) is 19.3 Å². The van der Waals surface area contributed by atoms with Crippen LogP contribution in [0.15, 0.2) is 29.2 Å². The maximum absolute atomic E-state index is 13.3. The van der Waals surface area contributed by atoms with E-state index in [0.29, 0.717) is 23.6 Å². The molecule has 0 saturated carbocycles. The van der Waals surface area contributed by atoms with Gasteiger partial charge in [-0.3, -0.25) is 4.79 Å². The zero-order chi connectivity index (χ0) is 13.5. The molecule has 1 N–H and O–H groups in total. The second-order valence-corrected chi connectivity index (χ2v) is 5.60. The minimum Gasteiger partial charge on any atom is -0.376 e. The molecule has 2 rings (SSSR count). The van der Waals surface area contributed by atoms with Crippen LogP contribution in [0, 0.1) is 5.82 Å². The fourth-order valence-corrected chi connectivity index (χ4v) is 2.82. The molecule has 1 aromatic rings. The number of carbonyl (C=O) groups is 1. The molecule has 1 aromatic carbocycles. The first-order valence-electron chi connectivity index (χ1n) is 6.51. The van der Waals surface area contributed by atoms with Gasteiger partial charge in [-0.25, -0.2) is 4.39 Å². The Labute approximate surface area is 116 Å². The number of ether oxygens (including phenoxy) is 1. The summed E-state index contributed by atoms with van der Waals surface area (Å²) in [6.45, 7) is 1.38. The number of hydrogen-bond acceptors (Lipinski definition) is 3. The summed E-state index contributed by atoms with van der Waals surface area (Å²) >= 11 is 1.37. The highest BCUT2D eigenvalue weighted by atomic mass is 32.2. The molecule has 5 heteroatoms. The molecule has 0 bridgehead atoms. The van der Waals surface area contributed by atoms with Crippen molar-refractivity contribution in [1.29, 1.82) is 0 Å². The van der Waals surface area contributed by atoms with Crippen LogP contribution < -0.4 is 5.32 Å². The Bertz CT molecular complexity index is 422. The van der Waals surface area contributed by atoms with E-state index in [1.807, 2.05) is 0 Å². The number of rotatable bonds is 6. The fourth-order valence-electron chi connectivity index (χ4n) is 1.94. The van der Waals surface area contributed by atoms with Crippen LogP contribution in [0.25, 0.3) is 0 Å². The minimum absolute atomic E-state index is 0.000612. The molecule has 1 aliphatic rings. The van der Waals surface area contributed by atoms with E-state index in [0.717, 1.165) is 19.4 Å². The van der Waals surface area contributed by atoms with Crippen LogP contribution in [0.5, 0.6) is 0 Å². The lowest BCUT2D eigenvalue weighted by molar-refractivity contribution is -0.121. The van der Waals surface area contributed by atoms with Gasteiger partial charge >= 0.3 is 0 Å². The van der Waals surface area contributed by atoms with Crippen molar-refractivity contribution in [1.82, 2.24) is 5.32 Å². The van der Waals surface area contributed by atoms with Gasteiger partial charge in [-0.05, 0) is 25.0 Å². The Balaban J connectivity index is 1.62. The first-order valence-corrected chi connectivity index (χ1v) is 7.50. The van der Waals surface area contributed by atoms with Crippen LogP contribution in [0.3, 0.4) is 0 Å². The average Bonchev–Trinajstić information content (AvgIpc) is 2.92. The number of amides is 1. The van der Waals surface area contributed by atoms with Crippen molar-refractivity contribution in [3.8, 4) is 0 Å².